The Morgan fingerprint density at radius 1 is 1.26 bits per heavy atom. The number of hydrogen-bond acceptors (Lipinski definition) is 3. The van der Waals surface area contributed by atoms with E-state index in [1.807, 2.05) is 44.2 Å². The van der Waals surface area contributed by atoms with Crippen LogP contribution < -0.4 is 0 Å². The SMILES string of the molecule is C[C@H](Cc1ccccc1)C(=O)OC1CC2[C@@H](C[C@@]1(C)O)C2(C)C. The van der Waals surface area contributed by atoms with Gasteiger partial charge in [-0.25, -0.2) is 0 Å². The highest BCUT2D eigenvalue weighted by molar-refractivity contribution is 5.72. The zero-order valence-electron chi connectivity index (χ0n) is 14.6. The van der Waals surface area contributed by atoms with E-state index >= 15 is 0 Å². The van der Waals surface area contributed by atoms with Crippen LogP contribution in [0.2, 0.25) is 0 Å². The molecule has 2 saturated carbocycles. The molecule has 0 bridgehead atoms. The molecule has 2 unspecified atom stereocenters. The second kappa shape index (κ2) is 5.62. The molecular formula is C20H28O3. The quantitative estimate of drug-likeness (QED) is 0.863. The van der Waals surface area contributed by atoms with E-state index in [-0.39, 0.29) is 23.4 Å². The van der Waals surface area contributed by atoms with E-state index in [2.05, 4.69) is 13.8 Å². The maximum absolute atomic E-state index is 12.5. The van der Waals surface area contributed by atoms with Gasteiger partial charge in [-0.2, -0.15) is 0 Å². The summed E-state index contributed by atoms with van der Waals surface area (Å²) in [6.45, 7) is 8.22. The van der Waals surface area contributed by atoms with E-state index in [1.54, 1.807) is 0 Å². The second-order valence-electron chi connectivity index (χ2n) is 8.35. The largest absolute Gasteiger partial charge is 0.459 e. The first-order valence-corrected chi connectivity index (χ1v) is 8.68. The fourth-order valence-corrected chi connectivity index (χ4v) is 4.27. The maximum atomic E-state index is 12.5. The van der Waals surface area contributed by atoms with E-state index in [0.29, 0.717) is 18.3 Å². The van der Waals surface area contributed by atoms with Gasteiger partial charge in [-0.3, -0.25) is 4.79 Å². The number of fused-ring (bicyclic) bond motifs is 1. The van der Waals surface area contributed by atoms with Crippen molar-refractivity contribution in [3.8, 4) is 0 Å². The fourth-order valence-electron chi connectivity index (χ4n) is 4.27. The third kappa shape index (κ3) is 3.16. The Labute approximate surface area is 139 Å². The Kier molecular flexibility index (Phi) is 4.04. The molecule has 0 spiro atoms. The van der Waals surface area contributed by atoms with Gasteiger partial charge in [0, 0.05) is 0 Å². The number of aliphatic hydroxyl groups is 1. The van der Waals surface area contributed by atoms with E-state index in [1.165, 1.54) is 0 Å². The van der Waals surface area contributed by atoms with E-state index in [4.69, 9.17) is 4.74 Å². The molecule has 3 rings (SSSR count). The summed E-state index contributed by atoms with van der Waals surface area (Å²) in [6, 6.07) is 9.98. The monoisotopic (exact) mass is 316 g/mol. The summed E-state index contributed by atoms with van der Waals surface area (Å²) >= 11 is 0. The predicted molar refractivity (Wildman–Crippen MR) is 89.8 cm³/mol. The first-order valence-electron chi connectivity index (χ1n) is 8.68. The fraction of sp³-hybridized carbons (Fsp3) is 0.650. The van der Waals surface area contributed by atoms with Crippen molar-refractivity contribution in [2.24, 2.45) is 23.2 Å². The summed E-state index contributed by atoms with van der Waals surface area (Å²) in [7, 11) is 0. The number of ether oxygens (including phenoxy) is 1. The average molecular weight is 316 g/mol. The summed E-state index contributed by atoms with van der Waals surface area (Å²) in [4.78, 5) is 12.5. The maximum Gasteiger partial charge on any atom is 0.309 e. The van der Waals surface area contributed by atoms with Crippen LogP contribution in [0.5, 0.6) is 0 Å². The van der Waals surface area contributed by atoms with Crippen LogP contribution in [0, 0.1) is 23.2 Å². The molecule has 23 heavy (non-hydrogen) atoms. The minimum atomic E-state index is -0.906. The van der Waals surface area contributed by atoms with Crippen molar-refractivity contribution < 1.29 is 14.6 Å². The normalized spacial score (nSPS) is 36.0. The van der Waals surface area contributed by atoms with Gasteiger partial charge in [-0.15, -0.1) is 0 Å². The molecule has 0 radical (unpaired) electrons. The van der Waals surface area contributed by atoms with Crippen molar-refractivity contribution in [3.05, 3.63) is 35.9 Å². The number of hydrogen-bond donors (Lipinski definition) is 1. The van der Waals surface area contributed by atoms with Gasteiger partial charge in [0.1, 0.15) is 6.10 Å². The third-order valence-electron chi connectivity index (χ3n) is 6.13. The summed E-state index contributed by atoms with van der Waals surface area (Å²) in [5, 5.41) is 10.7. The van der Waals surface area contributed by atoms with Crippen molar-refractivity contribution in [1.29, 1.82) is 0 Å². The van der Waals surface area contributed by atoms with Crippen LogP contribution in [0.4, 0.5) is 0 Å². The Bertz CT molecular complexity index is 576. The lowest BCUT2D eigenvalue weighted by Gasteiger charge is -2.36. The number of carbonyl (C=O) groups is 1. The lowest BCUT2D eigenvalue weighted by Crippen LogP contribution is -2.46. The van der Waals surface area contributed by atoms with Gasteiger partial charge in [0.2, 0.25) is 0 Å². The molecule has 5 atom stereocenters. The summed E-state index contributed by atoms with van der Waals surface area (Å²) in [5.41, 5.74) is 0.508. The van der Waals surface area contributed by atoms with Crippen molar-refractivity contribution in [3.63, 3.8) is 0 Å². The zero-order chi connectivity index (χ0) is 16.8. The molecule has 0 aliphatic heterocycles. The third-order valence-corrected chi connectivity index (χ3v) is 6.13. The van der Waals surface area contributed by atoms with Crippen LogP contribution in [0.25, 0.3) is 0 Å². The molecule has 1 aromatic carbocycles. The second-order valence-corrected chi connectivity index (χ2v) is 8.35. The van der Waals surface area contributed by atoms with Gasteiger partial charge in [0.25, 0.3) is 0 Å². The predicted octanol–water partition coefficient (Wildman–Crippen LogP) is 3.59. The lowest BCUT2D eigenvalue weighted by molar-refractivity contribution is -0.173. The molecule has 0 heterocycles. The van der Waals surface area contributed by atoms with Crippen LogP contribution in [0.3, 0.4) is 0 Å². The van der Waals surface area contributed by atoms with Crippen LogP contribution in [0.15, 0.2) is 30.3 Å². The molecule has 1 N–H and O–H groups in total. The van der Waals surface area contributed by atoms with Gasteiger partial charge in [0.05, 0.1) is 11.5 Å². The van der Waals surface area contributed by atoms with E-state index in [9.17, 15) is 9.90 Å². The summed E-state index contributed by atoms with van der Waals surface area (Å²) < 4.78 is 5.74. The van der Waals surface area contributed by atoms with Gasteiger partial charge in [-0.05, 0) is 49.0 Å². The highest BCUT2D eigenvalue weighted by atomic mass is 16.6. The summed E-state index contributed by atoms with van der Waals surface area (Å²) in [5.74, 6) is 0.744. The van der Waals surface area contributed by atoms with Gasteiger partial charge in [0.15, 0.2) is 0 Å². The minimum Gasteiger partial charge on any atom is -0.459 e. The van der Waals surface area contributed by atoms with Crippen LogP contribution in [-0.2, 0) is 16.0 Å². The van der Waals surface area contributed by atoms with Crippen molar-refractivity contribution in [1.82, 2.24) is 0 Å². The molecule has 126 valence electrons. The smallest absolute Gasteiger partial charge is 0.309 e. The zero-order valence-corrected chi connectivity index (χ0v) is 14.6. The van der Waals surface area contributed by atoms with E-state index in [0.717, 1.165) is 18.4 Å². The highest BCUT2D eigenvalue weighted by Gasteiger charge is 2.64. The molecule has 2 fully saturated rings. The molecule has 1 aromatic rings. The Morgan fingerprint density at radius 3 is 2.57 bits per heavy atom. The topological polar surface area (TPSA) is 46.5 Å². The first kappa shape index (κ1) is 16.5. The van der Waals surface area contributed by atoms with Crippen LogP contribution >= 0.6 is 0 Å². The Hall–Kier alpha value is -1.35. The standard InChI is InChI=1S/C20H28O3/c1-13(10-14-8-6-5-7-9-14)18(21)23-17-11-15-16(19(15,2)3)12-20(17,4)22/h5-9,13,15-17,22H,10-12H2,1-4H3/t13-,15?,16-,17?,20-/m1/s1. The minimum absolute atomic E-state index is 0.196. The molecule has 0 amide bonds. The molecule has 2 aliphatic carbocycles. The Morgan fingerprint density at radius 2 is 1.91 bits per heavy atom. The number of esters is 1. The number of carbonyl (C=O) groups excluding carboxylic acids is 1. The molecule has 3 nitrogen and oxygen atoms in total. The molecular weight excluding hydrogens is 288 g/mol. The Balaban J connectivity index is 1.61. The van der Waals surface area contributed by atoms with Gasteiger partial charge in [-0.1, -0.05) is 51.1 Å². The van der Waals surface area contributed by atoms with Gasteiger partial charge < -0.3 is 9.84 Å². The van der Waals surface area contributed by atoms with E-state index < -0.39 is 5.60 Å². The molecule has 3 heteroatoms. The molecule has 0 saturated heterocycles. The first-order chi connectivity index (χ1) is 10.7. The average Bonchev–Trinajstić information content (AvgIpc) is 2.99. The molecule has 0 aromatic heterocycles. The number of rotatable bonds is 4. The molecule has 2 aliphatic rings. The lowest BCUT2D eigenvalue weighted by atomic mass is 9.83. The van der Waals surface area contributed by atoms with Gasteiger partial charge >= 0.3 is 5.97 Å². The van der Waals surface area contributed by atoms with Crippen molar-refractivity contribution >= 4 is 5.97 Å². The van der Waals surface area contributed by atoms with Crippen LogP contribution in [0.1, 0.15) is 46.1 Å². The highest BCUT2D eigenvalue weighted by Crippen LogP contribution is 2.66. The summed E-state index contributed by atoms with van der Waals surface area (Å²) in [6.07, 6.45) is 1.81. The van der Waals surface area contributed by atoms with Crippen LogP contribution in [-0.4, -0.2) is 22.8 Å². The van der Waals surface area contributed by atoms with Crippen molar-refractivity contribution in [2.45, 2.75) is 58.7 Å². The van der Waals surface area contributed by atoms with Crippen molar-refractivity contribution in [2.75, 3.05) is 0 Å². The number of benzene rings is 1.